The van der Waals surface area contributed by atoms with Gasteiger partial charge < -0.3 is 19.9 Å². The van der Waals surface area contributed by atoms with Gasteiger partial charge in [-0.05, 0) is 6.92 Å². The van der Waals surface area contributed by atoms with Crippen molar-refractivity contribution in [2.45, 2.75) is 38.2 Å². The molecule has 1 saturated heterocycles. The second-order valence-corrected chi connectivity index (χ2v) is 3.51. The standard InChI is InChI=1S/C9H17NO4/c1-5(10-6(2)12)8-9(14-8)7(4-11)13-3/h5,7-9,11H,4H2,1-3H3,(H,10,12)/t5-,7+,8-,9+/m1/s1. The fraction of sp³-hybridized carbons (Fsp3) is 0.889. The van der Waals surface area contributed by atoms with Gasteiger partial charge in [-0.1, -0.05) is 0 Å². The monoisotopic (exact) mass is 203 g/mol. The summed E-state index contributed by atoms with van der Waals surface area (Å²) in [6.07, 6.45) is -0.445. The van der Waals surface area contributed by atoms with Crippen molar-refractivity contribution in [2.24, 2.45) is 0 Å². The molecule has 0 spiro atoms. The van der Waals surface area contributed by atoms with Crippen LogP contribution >= 0.6 is 0 Å². The number of methoxy groups -OCH3 is 1. The first-order chi connectivity index (χ1) is 6.60. The second kappa shape index (κ2) is 4.72. The number of carbonyl (C=O) groups is 1. The van der Waals surface area contributed by atoms with E-state index in [4.69, 9.17) is 14.6 Å². The highest BCUT2D eigenvalue weighted by Crippen LogP contribution is 2.29. The minimum Gasteiger partial charge on any atom is -0.394 e. The first kappa shape index (κ1) is 11.4. The molecule has 1 aliphatic heterocycles. The molecule has 0 saturated carbocycles. The van der Waals surface area contributed by atoms with E-state index in [2.05, 4.69) is 5.32 Å². The van der Waals surface area contributed by atoms with Crippen molar-refractivity contribution in [2.75, 3.05) is 13.7 Å². The van der Waals surface area contributed by atoms with Gasteiger partial charge in [-0.25, -0.2) is 0 Å². The second-order valence-electron chi connectivity index (χ2n) is 3.51. The van der Waals surface area contributed by atoms with E-state index in [9.17, 15) is 4.79 Å². The molecule has 1 heterocycles. The van der Waals surface area contributed by atoms with E-state index in [1.165, 1.54) is 14.0 Å². The molecular weight excluding hydrogens is 186 g/mol. The van der Waals surface area contributed by atoms with Gasteiger partial charge in [0.05, 0.1) is 12.6 Å². The van der Waals surface area contributed by atoms with Crippen LogP contribution < -0.4 is 5.32 Å². The molecular formula is C9H17NO4. The van der Waals surface area contributed by atoms with Crippen LogP contribution in [-0.4, -0.2) is 49.1 Å². The molecule has 0 aromatic carbocycles. The molecule has 0 aromatic heterocycles. The summed E-state index contributed by atoms with van der Waals surface area (Å²) in [4.78, 5) is 10.8. The number of ether oxygens (including phenoxy) is 2. The van der Waals surface area contributed by atoms with Gasteiger partial charge in [0.2, 0.25) is 5.91 Å². The van der Waals surface area contributed by atoms with Crippen LogP contribution in [0.2, 0.25) is 0 Å². The highest BCUT2D eigenvalue weighted by molar-refractivity contribution is 5.73. The van der Waals surface area contributed by atoms with Crippen molar-refractivity contribution < 1.29 is 19.4 Å². The van der Waals surface area contributed by atoms with Crippen molar-refractivity contribution in [3.05, 3.63) is 0 Å². The summed E-state index contributed by atoms with van der Waals surface area (Å²) in [5, 5.41) is 11.7. The molecule has 5 nitrogen and oxygen atoms in total. The van der Waals surface area contributed by atoms with Gasteiger partial charge in [-0.15, -0.1) is 0 Å². The van der Waals surface area contributed by atoms with Crippen molar-refractivity contribution in [1.29, 1.82) is 0 Å². The number of carbonyl (C=O) groups excluding carboxylic acids is 1. The fourth-order valence-corrected chi connectivity index (χ4v) is 1.55. The summed E-state index contributed by atoms with van der Waals surface area (Å²) < 4.78 is 10.3. The molecule has 1 amide bonds. The summed E-state index contributed by atoms with van der Waals surface area (Å²) >= 11 is 0. The van der Waals surface area contributed by atoms with Crippen LogP contribution in [-0.2, 0) is 14.3 Å². The molecule has 14 heavy (non-hydrogen) atoms. The molecule has 0 radical (unpaired) electrons. The Balaban J connectivity index is 2.33. The average Bonchev–Trinajstić information content (AvgIpc) is 2.85. The van der Waals surface area contributed by atoms with Crippen molar-refractivity contribution in [3.8, 4) is 0 Å². The molecule has 1 fully saturated rings. The molecule has 0 aromatic rings. The van der Waals surface area contributed by atoms with Gasteiger partial charge in [0.25, 0.3) is 0 Å². The minimum atomic E-state index is -0.295. The number of aliphatic hydroxyl groups excluding tert-OH is 1. The summed E-state index contributed by atoms with van der Waals surface area (Å²) in [7, 11) is 1.53. The first-order valence-corrected chi connectivity index (χ1v) is 4.66. The fourth-order valence-electron chi connectivity index (χ4n) is 1.55. The first-order valence-electron chi connectivity index (χ1n) is 4.66. The normalized spacial score (nSPS) is 29.4. The quantitative estimate of drug-likeness (QED) is 0.579. The number of nitrogens with one attached hydrogen (secondary N) is 1. The maximum Gasteiger partial charge on any atom is 0.217 e. The Kier molecular flexibility index (Phi) is 3.86. The van der Waals surface area contributed by atoms with E-state index >= 15 is 0 Å². The van der Waals surface area contributed by atoms with Gasteiger partial charge in [-0.3, -0.25) is 4.79 Å². The summed E-state index contributed by atoms with van der Waals surface area (Å²) in [5.74, 6) is -0.0790. The van der Waals surface area contributed by atoms with Crippen molar-refractivity contribution in [3.63, 3.8) is 0 Å². The van der Waals surface area contributed by atoms with E-state index < -0.39 is 0 Å². The van der Waals surface area contributed by atoms with Crippen LogP contribution in [0.25, 0.3) is 0 Å². The van der Waals surface area contributed by atoms with Gasteiger partial charge in [0.1, 0.15) is 18.3 Å². The molecule has 1 rings (SSSR count). The number of hydrogen-bond donors (Lipinski definition) is 2. The Bertz CT molecular complexity index is 205. The third-order valence-electron chi connectivity index (χ3n) is 2.33. The highest BCUT2D eigenvalue weighted by Gasteiger charge is 2.48. The Morgan fingerprint density at radius 2 is 2.29 bits per heavy atom. The molecule has 5 heteroatoms. The number of rotatable bonds is 5. The topological polar surface area (TPSA) is 71.1 Å². The zero-order valence-electron chi connectivity index (χ0n) is 8.69. The average molecular weight is 203 g/mol. The number of aliphatic hydroxyl groups is 1. The predicted molar refractivity (Wildman–Crippen MR) is 49.8 cm³/mol. The molecule has 0 aliphatic carbocycles. The lowest BCUT2D eigenvalue weighted by Gasteiger charge is -2.12. The smallest absolute Gasteiger partial charge is 0.217 e. The lowest BCUT2D eigenvalue weighted by molar-refractivity contribution is -0.119. The summed E-state index contributed by atoms with van der Waals surface area (Å²) in [6.45, 7) is 3.27. The number of hydrogen-bond acceptors (Lipinski definition) is 4. The molecule has 0 bridgehead atoms. The van der Waals surface area contributed by atoms with Crippen LogP contribution in [0.1, 0.15) is 13.8 Å². The highest BCUT2D eigenvalue weighted by atomic mass is 16.6. The van der Waals surface area contributed by atoms with Crippen LogP contribution in [0.3, 0.4) is 0 Å². The van der Waals surface area contributed by atoms with Crippen LogP contribution in [0, 0.1) is 0 Å². The largest absolute Gasteiger partial charge is 0.394 e. The van der Waals surface area contributed by atoms with Crippen LogP contribution in [0.15, 0.2) is 0 Å². The Labute approximate surface area is 83.4 Å². The third kappa shape index (κ3) is 2.67. The number of amides is 1. The summed E-state index contributed by atoms with van der Waals surface area (Å²) in [6, 6.07) is -0.0401. The van der Waals surface area contributed by atoms with Crippen molar-refractivity contribution >= 4 is 5.91 Å². The van der Waals surface area contributed by atoms with Gasteiger partial charge in [-0.2, -0.15) is 0 Å². The summed E-state index contributed by atoms with van der Waals surface area (Å²) in [5.41, 5.74) is 0. The molecule has 4 atom stereocenters. The Hall–Kier alpha value is -0.650. The third-order valence-corrected chi connectivity index (χ3v) is 2.33. The minimum absolute atomic E-state index is 0.0401. The molecule has 2 N–H and O–H groups in total. The van der Waals surface area contributed by atoms with E-state index in [0.29, 0.717) is 0 Å². The van der Waals surface area contributed by atoms with Gasteiger partial charge >= 0.3 is 0 Å². The predicted octanol–water partition coefficient (Wildman–Crippen LogP) is -0.714. The van der Waals surface area contributed by atoms with Crippen LogP contribution in [0.5, 0.6) is 0 Å². The van der Waals surface area contributed by atoms with Gasteiger partial charge in [0, 0.05) is 14.0 Å². The van der Waals surface area contributed by atoms with Crippen molar-refractivity contribution in [1.82, 2.24) is 5.32 Å². The molecule has 82 valence electrons. The van der Waals surface area contributed by atoms with Gasteiger partial charge in [0.15, 0.2) is 0 Å². The lowest BCUT2D eigenvalue weighted by Crippen LogP contribution is -2.37. The zero-order chi connectivity index (χ0) is 10.7. The SMILES string of the molecule is CO[C@@H](CO)[C@@H]1O[C@@H]1[C@@H](C)NC(C)=O. The lowest BCUT2D eigenvalue weighted by atomic mass is 10.1. The van der Waals surface area contributed by atoms with E-state index in [1.54, 1.807) is 0 Å². The van der Waals surface area contributed by atoms with E-state index in [-0.39, 0.29) is 36.9 Å². The maximum atomic E-state index is 10.8. The maximum absolute atomic E-state index is 10.8. The molecule has 0 unspecified atom stereocenters. The van der Waals surface area contributed by atoms with Crippen LogP contribution in [0.4, 0.5) is 0 Å². The van der Waals surface area contributed by atoms with E-state index in [1.807, 2.05) is 6.92 Å². The number of epoxide rings is 1. The molecule has 1 aliphatic rings. The van der Waals surface area contributed by atoms with E-state index in [0.717, 1.165) is 0 Å². The Morgan fingerprint density at radius 1 is 1.64 bits per heavy atom. The zero-order valence-corrected chi connectivity index (χ0v) is 8.69. The Morgan fingerprint density at radius 3 is 2.71 bits per heavy atom.